The summed E-state index contributed by atoms with van der Waals surface area (Å²) in [6.07, 6.45) is 1.94. The summed E-state index contributed by atoms with van der Waals surface area (Å²) in [5.74, 6) is 0.159. The number of carbonyl (C=O) groups is 2. The van der Waals surface area contributed by atoms with Gasteiger partial charge >= 0.3 is 0 Å². The molecule has 0 N–H and O–H groups in total. The lowest BCUT2D eigenvalue weighted by Gasteiger charge is -2.36. The molecule has 25 heavy (non-hydrogen) atoms. The fourth-order valence-corrected chi connectivity index (χ4v) is 3.62. The third kappa shape index (κ3) is 3.79. The highest BCUT2D eigenvalue weighted by Crippen LogP contribution is 2.20. The lowest BCUT2D eigenvalue weighted by Crippen LogP contribution is -2.49. The minimum atomic E-state index is 0.0760. The third-order valence-corrected chi connectivity index (χ3v) is 5.06. The Morgan fingerprint density at radius 1 is 1.08 bits per heavy atom. The third-order valence-electron chi connectivity index (χ3n) is 4.63. The van der Waals surface area contributed by atoms with Gasteiger partial charge in [0.15, 0.2) is 5.78 Å². The molecule has 5 nitrogen and oxygen atoms in total. The lowest BCUT2D eigenvalue weighted by atomic mass is 10.1. The van der Waals surface area contributed by atoms with E-state index in [0.29, 0.717) is 13.1 Å². The summed E-state index contributed by atoms with van der Waals surface area (Å²) in [6.45, 7) is 7.35. The van der Waals surface area contributed by atoms with Crippen LogP contribution in [-0.2, 0) is 6.54 Å². The predicted molar refractivity (Wildman–Crippen MR) is 102 cm³/mol. The first-order valence-corrected chi connectivity index (χ1v) is 9.29. The molecule has 1 amide bonds. The van der Waals surface area contributed by atoms with Gasteiger partial charge in [0.1, 0.15) is 5.69 Å². The molecule has 0 aliphatic carbocycles. The molecule has 2 heterocycles. The summed E-state index contributed by atoms with van der Waals surface area (Å²) in [7, 11) is 0. The Labute approximate surface area is 156 Å². The molecule has 1 saturated heterocycles. The molecule has 0 radical (unpaired) electrons. The summed E-state index contributed by atoms with van der Waals surface area (Å²) in [5.41, 5.74) is 2.55. The zero-order valence-corrected chi connectivity index (χ0v) is 16.1. The van der Waals surface area contributed by atoms with E-state index in [0.717, 1.165) is 41.1 Å². The predicted octanol–water partition coefficient (Wildman–Crippen LogP) is 3.44. The number of benzene rings is 1. The van der Waals surface area contributed by atoms with E-state index in [4.69, 9.17) is 0 Å². The van der Waals surface area contributed by atoms with Crippen molar-refractivity contribution in [3.05, 3.63) is 52.3 Å². The van der Waals surface area contributed by atoms with E-state index < -0.39 is 0 Å². The van der Waals surface area contributed by atoms with Gasteiger partial charge in [-0.05, 0) is 60.1 Å². The van der Waals surface area contributed by atoms with E-state index in [1.807, 2.05) is 52.9 Å². The van der Waals surface area contributed by atoms with E-state index in [1.54, 1.807) is 6.92 Å². The number of aromatic nitrogens is 1. The number of Topliss-reactive ketones (excluding diaryl/α,β-unsaturated/α-hetero) is 1. The van der Waals surface area contributed by atoms with Gasteiger partial charge in [0.25, 0.3) is 5.91 Å². The van der Waals surface area contributed by atoms with Gasteiger partial charge in [-0.15, -0.1) is 0 Å². The summed E-state index contributed by atoms with van der Waals surface area (Å²) >= 11 is 3.45. The topological polar surface area (TPSA) is 45.6 Å². The Morgan fingerprint density at radius 2 is 1.72 bits per heavy atom. The quantitative estimate of drug-likeness (QED) is 0.734. The van der Waals surface area contributed by atoms with Crippen molar-refractivity contribution in [1.29, 1.82) is 0 Å². The standard InChI is InChI=1S/C19H22BrN3O2/c1-3-21-13-16(20)12-18(21)19(25)23-10-8-22(9-11-23)17-6-4-15(5-7-17)14(2)24/h4-7,12-13H,3,8-11H2,1-2H3. The molecular weight excluding hydrogens is 382 g/mol. The second-order valence-corrected chi connectivity index (χ2v) is 7.13. The fourth-order valence-electron chi connectivity index (χ4n) is 3.15. The fraction of sp³-hybridized carbons (Fsp3) is 0.368. The summed E-state index contributed by atoms with van der Waals surface area (Å²) < 4.78 is 2.90. The first-order valence-electron chi connectivity index (χ1n) is 8.50. The number of ketones is 1. The maximum absolute atomic E-state index is 12.8. The van der Waals surface area contributed by atoms with Crippen molar-refractivity contribution in [2.75, 3.05) is 31.1 Å². The molecule has 1 aromatic carbocycles. The smallest absolute Gasteiger partial charge is 0.270 e. The zero-order chi connectivity index (χ0) is 18.0. The number of amides is 1. The number of hydrogen-bond acceptors (Lipinski definition) is 3. The molecule has 0 bridgehead atoms. The van der Waals surface area contributed by atoms with Gasteiger partial charge in [-0.1, -0.05) is 0 Å². The number of anilines is 1. The first-order chi connectivity index (χ1) is 12.0. The first kappa shape index (κ1) is 17.7. The minimum Gasteiger partial charge on any atom is -0.368 e. The lowest BCUT2D eigenvalue weighted by molar-refractivity contribution is 0.0735. The van der Waals surface area contributed by atoms with Crippen LogP contribution in [0.15, 0.2) is 41.0 Å². The van der Waals surface area contributed by atoms with E-state index in [9.17, 15) is 9.59 Å². The monoisotopic (exact) mass is 403 g/mol. The van der Waals surface area contributed by atoms with Gasteiger partial charge in [0, 0.05) is 54.6 Å². The number of carbonyl (C=O) groups excluding carboxylic acids is 2. The average molecular weight is 404 g/mol. The SMILES string of the molecule is CCn1cc(Br)cc1C(=O)N1CCN(c2ccc(C(C)=O)cc2)CC1. The normalized spacial score (nSPS) is 14.7. The van der Waals surface area contributed by atoms with Gasteiger partial charge in [-0.2, -0.15) is 0 Å². The molecule has 0 unspecified atom stereocenters. The van der Waals surface area contributed by atoms with Gasteiger partial charge < -0.3 is 14.4 Å². The highest BCUT2D eigenvalue weighted by atomic mass is 79.9. The maximum atomic E-state index is 12.8. The minimum absolute atomic E-state index is 0.0760. The Bertz CT molecular complexity index is 774. The molecule has 6 heteroatoms. The molecule has 0 spiro atoms. The molecule has 1 aliphatic rings. The Hall–Kier alpha value is -2.08. The number of nitrogens with zero attached hydrogens (tertiary/aromatic N) is 3. The van der Waals surface area contributed by atoms with Crippen LogP contribution < -0.4 is 4.90 Å². The number of hydrogen-bond donors (Lipinski definition) is 0. The van der Waals surface area contributed by atoms with E-state index in [1.165, 1.54) is 0 Å². The molecular formula is C19H22BrN3O2. The van der Waals surface area contributed by atoms with E-state index in [2.05, 4.69) is 20.8 Å². The molecule has 132 valence electrons. The largest absolute Gasteiger partial charge is 0.368 e. The van der Waals surface area contributed by atoms with Gasteiger partial charge in [0.2, 0.25) is 0 Å². The van der Waals surface area contributed by atoms with Crippen LogP contribution in [0.1, 0.15) is 34.7 Å². The summed E-state index contributed by atoms with van der Waals surface area (Å²) in [4.78, 5) is 28.3. The van der Waals surface area contributed by atoms with Gasteiger partial charge in [0.05, 0.1) is 0 Å². The highest BCUT2D eigenvalue weighted by molar-refractivity contribution is 9.10. The number of rotatable bonds is 4. The number of halogens is 1. The van der Waals surface area contributed by atoms with Crippen molar-refractivity contribution in [3.63, 3.8) is 0 Å². The number of piperazine rings is 1. The highest BCUT2D eigenvalue weighted by Gasteiger charge is 2.24. The summed E-state index contributed by atoms with van der Waals surface area (Å²) in [6, 6.07) is 9.57. The maximum Gasteiger partial charge on any atom is 0.270 e. The van der Waals surface area contributed by atoms with Crippen LogP contribution in [0, 0.1) is 0 Å². The average Bonchev–Trinajstić information content (AvgIpc) is 3.02. The molecule has 1 aromatic heterocycles. The second-order valence-electron chi connectivity index (χ2n) is 6.21. The number of aryl methyl sites for hydroxylation is 1. The Kier molecular flexibility index (Phi) is 5.27. The second kappa shape index (κ2) is 7.44. The van der Waals surface area contributed by atoms with Gasteiger partial charge in [-0.25, -0.2) is 0 Å². The van der Waals surface area contributed by atoms with Crippen molar-refractivity contribution >= 4 is 33.3 Å². The van der Waals surface area contributed by atoms with Crippen molar-refractivity contribution in [1.82, 2.24) is 9.47 Å². The van der Waals surface area contributed by atoms with Crippen LogP contribution in [0.2, 0.25) is 0 Å². The molecule has 3 rings (SSSR count). The van der Waals surface area contributed by atoms with Crippen molar-refractivity contribution in [3.8, 4) is 0 Å². The molecule has 1 fully saturated rings. The molecule has 1 aliphatic heterocycles. The zero-order valence-electron chi connectivity index (χ0n) is 14.5. The van der Waals surface area contributed by atoms with Crippen LogP contribution in [0.25, 0.3) is 0 Å². The van der Waals surface area contributed by atoms with Crippen molar-refractivity contribution < 1.29 is 9.59 Å². The van der Waals surface area contributed by atoms with Crippen LogP contribution in [-0.4, -0.2) is 47.3 Å². The van der Waals surface area contributed by atoms with E-state index in [-0.39, 0.29) is 11.7 Å². The van der Waals surface area contributed by atoms with Crippen LogP contribution in [0.4, 0.5) is 5.69 Å². The van der Waals surface area contributed by atoms with Gasteiger partial charge in [-0.3, -0.25) is 9.59 Å². The molecule has 2 aromatic rings. The van der Waals surface area contributed by atoms with Crippen molar-refractivity contribution in [2.24, 2.45) is 0 Å². The molecule has 0 atom stereocenters. The summed E-state index contributed by atoms with van der Waals surface area (Å²) in [5, 5.41) is 0. The van der Waals surface area contributed by atoms with Crippen LogP contribution in [0.3, 0.4) is 0 Å². The van der Waals surface area contributed by atoms with E-state index >= 15 is 0 Å². The Morgan fingerprint density at radius 3 is 2.28 bits per heavy atom. The molecule has 0 saturated carbocycles. The van der Waals surface area contributed by atoms with Crippen LogP contribution in [0.5, 0.6) is 0 Å². The van der Waals surface area contributed by atoms with Crippen molar-refractivity contribution in [2.45, 2.75) is 20.4 Å². The Balaban J connectivity index is 1.65. The van der Waals surface area contributed by atoms with Crippen LogP contribution >= 0.6 is 15.9 Å².